The van der Waals surface area contributed by atoms with Gasteiger partial charge in [0.05, 0.1) is 23.2 Å². The number of nitrogens with zero attached hydrogens (tertiary/aromatic N) is 3. The minimum atomic E-state index is -0.980. The standard InChI is InChI=1S/C17H13Cl3N4O3/c18-12-14(22)13(19)16(20)23-15(12)17(26)27-9-11(25)24(8-4-7-21)10-5-2-1-3-6-10/h1-3,5-6H,4,8-9H2,(H2,22,23). The maximum atomic E-state index is 12.5. The van der Waals surface area contributed by atoms with Crippen LogP contribution in [0.2, 0.25) is 15.2 Å². The second-order valence-corrected chi connectivity index (χ2v) is 6.27. The Morgan fingerprint density at radius 3 is 2.48 bits per heavy atom. The van der Waals surface area contributed by atoms with Crippen LogP contribution >= 0.6 is 34.8 Å². The molecule has 1 aromatic heterocycles. The summed E-state index contributed by atoms with van der Waals surface area (Å²) in [6, 6.07) is 10.7. The van der Waals surface area contributed by atoms with E-state index in [4.69, 9.17) is 50.5 Å². The number of carbonyl (C=O) groups is 2. The van der Waals surface area contributed by atoms with Gasteiger partial charge in [0.1, 0.15) is 5.02 Å². The van der Waals surface area contributed by atoms with Crippen molar-refractivity contribution in [2.24, 2.45) is 0 Å². The van der Waals surface area contributed by atoms with Crippen molar-refractivity contribution < 1.29 is 14.3 Å². The molecule has 2 N–H and O–H groups in total. The Labute approximate surface area is 170 Å². The highest BCUT2D eigenvalue weighted by atomic mass is 35.5. The van der Waals surface area contributed by atoms with E-state index in [1.54, 1.807) is 30.3 Å². The predicted octanol–water partition coefficient (Wildman–Crippen LogP) is 3.73. The van der Waals surface area contributed by atoms with E-state index in [-0.39, 0.29) is 39.5 Å². The van der Waals surface area contributed by atoms with E-state index in [0.717, 1.165) is 0 Å². The molecule has 140 valence electrons. The quantitative estimate of drug-likeness (QED) is 0.555. The lowest BCUT2D eigenvalue weighted by Gasteiger charge is -2.21. The Hall–Kier alpha value is -2.53. The van der Waals surface area contributed by atoms with Crippen LogP contribution in [0.3, 0.4) is 0 Å². The number of aromatic nitrogens is 1. The average molecular weight is 428 g/mol. The fourth-order valence-electron chi connectivity index (χ4n) is 2.11. The van der Waals surface area contributed by atoms with Crippen LogP contribution in [0.1, 0.15) is 16.9 Å². The smallest absolute Gasteiger partial charge is 0.359 e. The highest BCUT2D eigenvalue weighted by molar-refractivity contribution is 6.46. The fourth-order valence-corrected chi connectivity index (χ4v) is 2.69. The number of amides is 1. The molecule has 0 fully saturated rings. The van der Waals surface area contributed by atoms with E-state index >= 15 is 0 Å². The lowest BCUT2D eigenvalue weighted by atomic mass is 10.2. The lowest BCUT2D eigenvalue weighted by Crippen LogP contribution is -2.35. The van der Waals surface area contributed by atoms with Crippen LogP contribution in [0, 0.1) is 11.3 Å². The van der Waals surface area contributed by atoms with Crippen LogP contribution in [0.5, 0.6) is 0 Å². The summed E-state index contributed by atoms with van der Waals surface area (Å²) in [6.07, 6.45) is 0.116. The first-order valence-corrected chi connectivity index (χ1v) is 8.69. The van der Waals surface area contributed by atoms with Gasteiger partial charge < -0.3 is 15.4 Å². The lowest BCUT2D eigenvalue weighted by molar-refractivity contribution is -0.121. The van der Waals surface area contributed by atoms with Gasteiger partial charge in [0, 0.05) is 12.2 Å². The van der Waals surface area contributed by atoms with Crippen LogP contribution < -0.4 is 10.6 Å². The number of ether oxygens (including phenoxy) is 1. The number of esters is 1. The molecule has 0 aliphatic carbocycles. The molecule has 0 atom stereocenters. The minimum absolute atomic E-state index is 0.0824. The number of nitriles is 1. The normalized spacial score (nSPS) is 10.1. The third kappa shape index (κ3) is 5.01. The number of nitrogens with two attached hydrogens (primary N) is 1. The van der Waals surface area contributed by atoms with Crippen molar-refractivity contribution in [1.29, 1.82) is 5.26 Å². The van der Waals surface area contributed by atoms with Crippen LogP contribution in [0.4, 0.5) is 11.4 Å². The van der Waals surface area contributed by atoms with Gasteiger partial charge in [-0.3, -0.25) is 4.79 Å². The molecule has 1 heterocycles. The molecular weight excluding hydrogens is 415 g/mol. The van der Waals surface area contributed by atoms with Crippen LogP contribution in [-0.2, 0) is 9.53 Å². The van der Waals surface area contributed by atoms with Gasteiger partial charge in [0.15, 0.2) is 17.5 Å². The predicted molar refractivity (Wildman–Crippen MR) is 103 cm³/mol. The summed E-state index contributed by atoms with van der Waals surface area (Å²) in [7, 11) is 0. The molecule has 0 saturated carbocycles. The summed E-state index contributed by atoms with van der Waals surface area (Å²) in [4.78, 5) is 29.8. The molecule has 2 rings (SSSR count). The van der Waals surface area contributed by atoms with Crippen molar-refractivity contribution in [2.75, 3.05) is 23.8 Å². The number of para-hydroxylation sites is 1. The number of pyridine rings is 1. The summed E-state index contributed by atoms with van der Waals surface area (Å²) >= 11 is 17.5. The summed E-state index contributed by atoms with van der Waals surface area (Å²) in [5, 5.41) is 8.27. The average Bonchev–Trinajstić information content (AvgIpc) is 2.68. The summed E-state index contributed by atoms with van der Waals surface area (Å²) in [6.45, 7) is -0.438. The van der Waals surface area contributed by atoms with Crippen molar-refractivity contribution >= 4 is 58.1 Å². The van der Waals surface area contributed by atoms with E-state index in [2.05, 4.69) is 4.98 Å². The molecule has 0 bridgehead atoms. The molecular formula is C17H13Cl3N4O3. The van der Waals surface area contributed by atoms with Crippen molar-refractivity contribution in [1.82, 2.24) is 4.98 Å². The van der Waals surface area contributed by atoms with Gasteiger partial charge in [0.25, 0.3) is 5.91 Å². The number of hydrogen-bond donors (Lipinski definition) is 1. The maximum absolute atomic E-state index is 12.5. The zero-order valence-corrected chi connectivity index (χ0v) is 16.1. The fraction of sp³-hybridized carbons (Fsp3) is 0.176. The zero-order valence-electron chi connectivity index (χ0n) is 13.8. The first kappa shape index (κ1) is 20.8. The van der Waals surface area contributed by atoms with E-state index in [9.17, 15) is 9.59 Å². The minimum Gasteiger partial charge on any atom is -0.451 e. The topological polar surface area (TPSA) is 109 Å². The zero-order chi connectivity index (χ0) is 20.0. The molecule has 2 aromatic rings. The molecule has 0 unspecified atom stereocenters. The molecule has 1 aromatic carbocycles. The van der Waals surface area contributed by atoms with Crippen molar-refractivity contribution in [3.63, 3.8) is 0 Å². The monoisotopic (exact) mass is 426 g/mol. The second kappa shape index (κ2) is 9.42. The Morgan fingerprint density at radius 2 is 1.85 bits per heavy atom. The molecule has 0 radical (unpaired) electrons. The van der Waals surface area contributed by atoms with Gasteiger partial charge in [-0.15, -0.1) is 0 Å². The van der Waals surface area contributed by atoms with Crippen LogP contribution in [0.15, 0.2) is 30.3 Å². The highest BCUT2D eigenvalue weighted by Crippen LogP contribution is 2.34. The number of halogens is 3. The van der Waals surface area contributed by atoms with Crippen molar-refractivity contribution in [3.8, 4) is 6.07 Å². The summed E-state index contributed by atoms with van der Waals surface area (Å²) in [5.41, 5.74) is 5.77. The van der Waals surface area contributed by atoms with E-state index < -0.39 is 18.5 Å². The number of carbonyl (C=O) groups excluding carboxylic acids is 2. The Morgan fingerprint density at radius 1 is 1.19 bits per heavy atom. The number of benzene rings is 1. The van der Waals surface area contributed by atoms with E-state index in [1.807, 2.05) is 6.07 Å². The first-order chi connectivity index (χ1) is 12.9. The molecule has 0 aliphatic heterocycles. The Balaban J connectivity index is 2.13. The number of anilines is 2. The maximum Gasteiger partial charge on any atom is 0.359 e. The third-order valence-corrected chi connectivity index (χ3v) is 4.54. The van der Waals surface area contributed by atoms with Gasteiger partial charge in [-0.05, 0) is 12.1 Å². The van der Waals surface area contributed by atoms with Gasteiger partial charge in [-0.2, -0.15) is 5.26 Å². The molecule has 1 amide bonds. The Bertz CT molecular complexity index is 901. The van der Waals surface area contributed by atoms with Crippen LogP contribution in [0.25, 0.3) is 0 Å². The van der Waals surface area contributed by atoms with Crippen LogP contribution in [-0.4, -0.2) is 30.0 Å². The molecule has 10 heteroatoms. The number of rotatable bonds is 6. The van der Waals surface area contributed by atoms with Gasteiger partial charge >= 0.3 is 5.97 Å². The second-order valence-electron chi connectivity index (χ2n) is 5.16. The largest absolute Gasteiger partial charge is 0.451 e. The van der Waals surface area contributed by atoms with Gasteiger partial charge in [-0.1, -0.05) is 53.0 Å². The van der Waals surface area contributed by atoms with Gasteiger partial charge in [-0.25, -0.2) is 9.78 Å². The SMILES string of the molecule is N#CCCN(C(=O)COC(=O)c1nc(Cl)c(Cl)c(N)c1Cl)c1ccccc1. The molecule has 27 heavy (non-hydrogen) atoms. The van der Waals surface area contributed by atoms with Crippen molar-refractivity contribution in [2.45, 2.75) is 6.42 Å². The first-order valence-electron chi connectivity index (χ1n) is 7.56. The number of hydrogen-bond acceptors (Lipinski definition) is 6. The van der Waals surface area contributed by atoms with Gasteiger partial charge in [0.2, 0.25) is 0 Å². The summed E-state index contributed by atoms with van der Waals surface area (Å²) < 4.78 is 4.99. The third-order valence-electron chi connectivity index (χ3n) is 3.41. The van der Waals surface area contributed by atoms with Crippen molar-refractivity contribution in [3.05, 3.63) is 51.2 Å². The molecule has 0 spiro atoms. The molecule has 0 aliphatic rings. The Kier molecular flexibility index (Phi) is 7.25. The van der Waals surface area contributed by atoms with E-state index in [0.29, 0.717) is 5.69 Å². The molecule has 0 saturated heterocycles. The highest BCUT2D eigenvalue weighted by Gasteiger charge is 2.23. The molecule has 7 nitrogen and oxygen atoms in total. The number of nitrogen functional groups attached to an aromatic ring is 1. The van der Waals surface area contributed by atoms with E-state index in [1.165, 1.54) is 4.90 Å². The summed E-state index contributed by atoms with van der Waals surface area (Å²) in [5.74, 6) is -1.50.